The summed E-state index contributed by atoms with van der Waals surface area (Å²) in [6, 6.07) is 3.93. The van der Waals surface area contributed by atoms with Crippen LogP contribution in [0.3, 0.4) is 0 Å². The maximum atomic E-state index is 5.71. The lowest BCUT2D eigenvalue weighted by atomic mass is 10.2. The Balaban J connectivity index is 0.000001000. The van der Waals surface area contributed by atoms with Gasteiger partial charge >= 0.3 is 0 Å². The molecule has 64 valence electrons. The Morgan fingerprint density at radius 3 is 2.55 bits per heavy atom. The monoisotopic (exact) mass is 155 g/mol. The van der Waals surface area contributed by atoms with Gasteiger partial charge in [-0.25, -0.2) is 0 Å². The van der Waals surface area contributed by atoms with Crippen molar-refractivity contribution in [2.45, 2.75) is 33.7 Å². The average Bonchev–Trinajstić information content (AvgIpc) is 2.34. The molecule has 1 aromatic rings. The summed E-state index contributed by atoms with van der Waals surface area (Å²) in [5.41, 5.74) is 5.71. The minimum Gasteiger partial charge on any atom is -0.465 e. The number of rotatable bonds is 2. The number of nitrogens with two attached hydrogens (primary N) is 1. The fraction of sp³-hybridized carbons (Fsp3) is 0.556. The predicted octanol–water partition coefficient (Wildman–Crippen LogP) is 2.63. The van der Waals surface area contributed by atoms with E-state index < -0.39 is 0 Å². The summed E-state index contributed by atoms with van der Waals surface area (Å²) in [5, 5.41) is 0. The molecule has 0 aliphatic heterocycles. The van der Waals surface area contributed by atoms with Crippen LogP contribution < -0.4 is 5.73 Å². The molecule has 0 aliphatic rings. The van der Waals surface area contributed by atoms with Crippen molar-refractivity contribution in [2.24, 2.45) is 5.73 Å². The standard InChI is InChI=1S/C8H13NO.CH4/c1-3-7(9)8-5-4-6(2)10-8;/h4-5,7H,3,9H2,1-2H3;1H4. The van der Waals surface area contributed by atoms with Crippen LogP contribution in [0.2, 0.25) is 0 Å². The minimum atomic E-state index is 0. The molecule has 0 saturated heterocycles. The van der Waals surface area contributed by atoms with Crippen LogP contribution >= 0.6 is 0 Å². The predicted molar refractivity (Wildman–Crippen MR) is 47.4 cm³/mol. The molecule has 1 heterocycles. The van der Waals surface area contributed by atoms with E-state index in [0.29, 0.717) is 0 Å². The highest BCUT2D eigenvalue weighted by Crippen LogP contribution is 2.15. The van der Waals surface area contributed by atoms with Crippen LogP contribution in [0.1, 0.15) is 38.3 Å². The van der Waals surface area contributed by atoms with Crippen molar-refractivity contribution in [1.29, 1.82) is 0 Å². The molecule has 2 heteroatoms. The summed E-state index contributed by atoms with van der Waals surface area (Å²) in [6.45, 7) is 3.97. The van der Waals surface area contributed by atoms with Crippen LogP contribution in [-0.4, -0.2) is 0 Å². The lowest BCUT2D eigenvalue weighted by molar-refractivity contribution is 0.441. The van der Waals surface area contributed by atoms with Gasteiger partial charge in [0, 0.05) is 0 Å². The molecule has 1 rings (SSSR count). The second kappa shape index (κ2) is 4.19. The second-order valence-corrected chi connectivity index (χ2v) is 2.46. The van der Waals surface area contributed by atoms with Gasteiger partial charge in [-0.2, -0.15) is 0 Å². The highest BCUT2D eigenvalue weighted by atomic mass is 16.3. The molecule has 0 aromatic carbocycles. The SMILES string of the molecule is C.CCC(N)c1ccc(C)o1. The first-order valence-corrected chi connectivity index (χ1v) is 3.56. The van der Waals surface area contributed by atoms with E-state index >= 15 is 0 Å². The van der Waals surface area contributed by atoms with Crippen LogP contribution in [-0.2, 0) is 0 Å². The van der Waals surface area contributed by atoms with E-state index in [1.807, 2.05) is 26.0 Å². The van der Waals surface area contributed by atoms with Crippen LogP contribution in [0.5, 0.6) is 0 Å². The molecule has 2 N–H and O–H groups in total. The Morgan fingerprint density at radius 1 is 1.55 bits per heavy atom. The largest absolute Gasteiger partial charge is 0.465 e. The zero-order valence-electron chi connectivity index (χ0n) is 6.42. The van der Waals surface area contributed by atoms with Crippen LogP contribution in [0, 0.1) is 6.92 Å². The van der Waals surface area contributed by atoms with Crippen molar-refractivity contribution in [3.05, 3.63) is 23.7 Å². The van der Waals surface area contributed by atoms with Gasteiger partial charge in [0.1, 0.15) is 11.5 Å². The molecule has 0 bridgehead atoms. The number of hydrogen-bond donors (Lipinski definition) is 1. The maximum Gasteiger partial charge on any atom is 0.120 e. The molecular formula is C9H17NO. The van der Waals surface area contributed by atoms with Gasteiger partial charge in [-0.15, -0.1) is 0 Å². The summed E-state index contributed by atoms with van der Waals surface area (Å²) in [5.74, 6) is 1.82. The van der Waals surface area contributed by atoms with Crippen molar-refractivity contribution >= 4 is 0 Å². The van der Waals surface area contributed by atoms with E-state index in [9.17, 15) is 0 Å². The normalized spacial score (nSPS) is 12.3. The molecule has 0 aliphatic carbocycles. The summed E-state index contributed by atoms with van der Waals surface area (Å²) < 4.78 is 5.31. The molecule has 0 saturated carbocycles. The topological polar surface area (TPSA) is 39.2 Å². The Morgan fingerprint density at radius 2 is 2.18 bits per heavy atom. The summed E-state index contributed by atoms with van der Waals surface area (Å²) in [4.78, 5) is 0. The quantitative estimate of drug-likeness (QED) is 0.713. The third kappa shape index (κ3) is 2.39. The molecule has 0 amide bonds. The van der Waals surface area contributed by atoms with Crippen molar-refractivity contribution in [3.63, 3.8) is 0 Å². The lowest BCUT2D eigenvalue weighted by Gasteiger charge is -2.02. The van der Waals surface area contributed by atoms with Gasteiger partial charge in [0.25, 0.3) is 0 Å². The van der Waals surface area contributed by atoms with Gasteiger partial charge in [-0.05, 0) is 25.5 Å². The third-order valence-corrected chi connectivity index (χ3v) is 1.57. The molecule has 2 nitrogen and oxygen atoms in total. The van der Waals surface area contributed by atoms with Crippen molar-refractivity contribution in [2.75, 3.05) is 0 Å². The van der Waals surface area contributed by atoms with E-state index in [-0.39, 0.29) is 13.5 Å². The van der Waals surface area contributed by atoms with E-state index in [1.54, 1.807) is 0 Å². The first-order chi connectivity index (χ1) is 4.74. The summed E-state index contributed by atoms with van der Waals surface area (Å²) in [7, 11) is 0. The Bertz CT molecular complexity index is 205. The summed E-state index contributed by atoms with van der Waals surface area (Å²) >= 11 is 0. The number of hydrogen-bond acceptors (Lipinski definition) is 2. The fourth-order valence-corrected chi connectivity index (χ4v) is 0.854. The zero-order chi connectivity index (χ0) is 7.56. The molecular weight excluding hydrogens is 138 g/mol. The molecule has 0 radical (unpaired) electrons. The zero-order valence-corrected chi connectivity index (χ0v) is 6.42. The Labute approximate surface area is 68.4 Å². The van der Waals surface area contributed by atoms with Gasteiger partial charge in [0.15, 0.2) is 0 Å². The second-order valence-electron chi connectivity index (χ2n) is 2.46. The highest BCUT2D eigenvalue weighted by molar-refractivity contribution is 5.08. The van der Waals surface area contributed by atoms with Gasteiger partial charge in [-0.3, -0.25) is 0 Å². The van der Waals surface area contributed by atoms with Crippen LogP contribution in [0.15, 0.2) is 16.5 Å². The molecule has 11 heavy (non-hydrogen) atoms. The Kier molecular flexibility index (Phi) is 3.90. The first kappa shape index (κ1) is 10.2. The van der Waals surface area contributed by atoms with Crippen molar-refractivity contribution in [3.8, 4) is 0 Å². The van der Waals surface area contributed by atoms with Crippen molar-refractivity contribution < 1.29 is 4.42 Å². The smallest absolute Gasteiger partial charge is 0.120 e. The molecule has 0 fully saturated rings. The average molecular weight is 155 g/mol. The van der Waals surface area contributed by atoms with Gasteiger partial charge < -0.3 is 10.2 Å². The maximum absolute atomic E-state index is 5.71. The number of furan rings is 1. The van der Waals surface area contributed by atoms with Crippen molar-refractivity contribution in [1.82, 2.24) is 0 Å². The van der Waals surface area contributed by atoms with Gasteiger partial charge in [-0.1, -0.05) is 14.4 Å². The third-order valence-electron chi connectivity index (χ3n) is 1.57. The van der Waals surface area contributed by atoms with Gasteiger partial charge in [0.05, 0.1) is 6.04 Å². The number of aryl methyl sites for hydroxylation is 1. The van der Waals surface area contributed by atoms with E-state index in [0.717, 1.165) is 17.9 Å². The van der Waals surface area contributed by atoms with E-state index in [2.05, 4.69) is 0 Å². The molecule has 0 spiro atoms. The highest BCUT2D eigenvalue weighted by Gasteiger charge is 2.05. The molecule has 1 aromatic heterocycles. The minimum absolute atomic E-state index is 0. The molecule has 1 atom stereocenters. The molecule has 1 unspecified atom stereocenters. The van der Waals surface area contributed by atoms with Gasteiger partial charge in [0.2, 0.25) is 0 Å². The van der Waals surface area contributed by atoms with Crippen LogP contribution in [0.4, 0.5) is 0 Å². The first-order valence-electron chi connectivity index (χ1n) is 3.56. The van der Waals surface area contributed by atoms with E-state index in [4.69, 9.17) is 10.2 Å². The van der Waals surface area contributed by atoms with Crippen LogP contribution in [0.25, 0.3) is 0 Å². The fourth-order valence-electron chi connectivity index (χ4n) is 0.854. The lowest BCUT2D eigenvalue weighted by Crippen LogP contribution is -2.06. The van der Waals surface area contributed by atoms with E-state index in [1.165, 1.54) is 0 Å². The summed E-state index contributed by atoms with van der Waals surface area (Å²) in [6.07, 6.45) is 0.924. The Hall–Kier alpha value is -0.760.